The predicted octanol–water partition coefficient (Wildman–Crippen LogP) is 1.43. The highest BCUT2D eigenvalue weighted by atomic mass is 127. The quantitative estimate of drug-likeness (QED) is 0.508. The molecule has 0 bridgehead atoms. The minimum absolute atomic E-state index is 0.246. The predicted molar refractivity (Wildman–Crippen MR) is 43.9 cm³/mol. The SMILES string of the molecule is C[C@H](C#N)C1CN(I)C1. The molecule has 50 valence electrons. The molecule has 1 rings (SSSR count). The Bertz CT molecular complexity index is 134. The summed E-state index contributed by atoms with van der Waals surface area (Å²) in [6, 6.07) is 2.26. The third-order valence-electron chi connectivity index (χ3n) is 1.78. The van der Waals surface area contributed by atoms with Crippen LogP contribution in [0, 0.1) is 23.2 Å². The first kappa shape index (κ1) is 7.29. The van der Waals surface area contributed by atoms with E-state index in [9.17, 15) is 0 Å². The van der Waals surface area contributed by atoms with Crippen LogP contribution in [-0.4, -0.2) is 16.2 Å². The Kier molecular flexibility index (Phi) is 2.30. The van der Waals surface area contributed by atoms with Crippen LogP contribution in [0.15, 0.2) is 0 Å². The molecule has 0 aromatic carbocycles. The Morgan fingerprint density at radius 1 is 1.78 bits per heavy atom. The van der Waals surface area contributed by atoms with Crippen molar-refractivity contribution in [3.05, 3.63) is 0 Å². The summed E-state index contributed by atoms with van der Waals surface area (Å²) in [5.41, 5.74) is 0. The van der Waals surface area contributed by atoms with Gasteiger partial charge in [0.05, 0.1) is 6.07 Å². The summed E-state index contributed by atoms with van der Waals surface area (Å²) >= 11 is 2.28. The summed E-state index contributed by atoms with van der Waals surface area (Å²) in [7, 11) is 0. The second-order valence-electron chi connectivity index (χ2n) is 2.51. The lowest BCUT2D eigenvalue weighted by atomic mass is 9.90. The number of hydrogen-bond donors (Lipinski definition) is 0. The largest absolute Gasteiger partial charge is 0.247 e. The number of hydrogen-bond acceptors (Lipinski definition) is 2. The van der Waals surface area contributed by atoms with Crippen molar-refractivity contribution in [2.24, 2.45) is 11.8 Å². The van der Waals surface area contributed by atoms with Crippen molar-refractivity contribution in [1.82, 2.24) is 3.11 Å². The molecule has 0 unspecified atom stereocenters. The summed E-state index contributed by atoms with van der Waals surface area (Å²) < 4.78 is 2.20. The Hall–Kier alpha value is 0.180. The van der Waals surface area contributed by atoms with E-state index in [2.05, 4.69) is 32.0 Å². The summed E-state index contributed by atoms with van der Waals surface area (Å²) in [5.74, 6) is 0.878. The number of nitriles is 1. The maximum Gasteiger partial charge on any atom is 0.0656 e. The van der Waals surface area contributed by atoms with Crippen LogP contribution in [-0.2, 0) is 0 Å². The fourth-order valence-corrected chi connectivity index (χ4v) is 1.89. The zero-order chi connectivity index (χ0) is 6.85. The Morgan fingerprint density at radius 2 is 2.33 bits per heavy atom. The third-order valence-corrected chi connectivity index (χ3v) is 2.56. The van der Waals surface area contributed by atoms with E-state index < -0.39 is 0 Å². The monoisotopic (exact) mass is 236 g/mol. The zero-order valence-electron chi connectivity index (χ0n) is 5.34. The molecule has 3 heteroatoms. The average Bonchev–Trinajstić information content (AvgIpc) is 1.79. The molecule has 2 nitrogen and oxygen atoms in total. The molecule has 1 heterocycles. The standard InChI is InChI=1S/C6H9IN2/c1-5(2-8)6-3-9(7)4-6/h5-6H,3-4H2,1H3/t5-/m1/s1. The van der Waals surface area contributed by atoms with Gasteiger partial charge in [-0.3, -0.25) is 0 Å². The van der Waals surface area contributed by atoms with Gasteiger partial charge < -0.3 is 0 Å². The molecule has 0 spiro atoms. The number of rotatable bonds is 1. The van der Waals surface area contributed by atoms with Crippen LogP contribution in [0.1, 0.15) is 6.92 Å². The molecule has 0 aromatic heterocycles. The first-order valence-electron chi connectivity index (χ1n) is 3.04. The van der Waals surface area contributed by atoms with Crippen LogP contribution >= 0.6 is 22.9 Å². The number of nitrogens with zero attached hydrogens (tertiary/aromatic N) is 2. The van der Waals surface area contributed by atoms with Crippen molar-refractivity contribution in [1.29, 1.82) is 5.26 Å². The van der Waals surface area contributed by atoms with Crippen LogP contribution in [0.3, 0.4) is 0 Å². The first-order chi connectivity index (χ1) is 4.24. The molecule has 1 saturated heterocycles. The molecular weight excluding hydrogens is 227 g/mol. The average molecular weight is 236 g/mol. The summed E-state index contributed by atoms with van der Waals surface area (Å²) in [5, 5.41) is 8.49. The lowest BCUT2D eigenvalue weighted by Crippen LogP contribution is -2.42. The van der Waals surface area contributed by atoms with Gasteiger partial charge in [0.1, 0.15) is 0 Å². The van der Waals surface area contributed by atoms with Crippen LogP contribution in [0.4, 0.5) is 0 Å². The second-order valence-corrected chi connectivity index (χ2v) is 3.87. The molecule has 0 saturated carbocycles. The second kappa shape index (κ2) is 2.84. The summed E-state index contributed by atoms with van der Waals surface area (Å²) in [4.78, 5) is 0. The highest BCUT2D eigenvalue weighted by molar-refractivity contribution is 14.1. The van der Waals surface area contributed by atoms with Gasteiger partial charge in [0.15, 0.2) is 0 Å². The Labute approximate surface area is 69.3 Å². The van der Waals surface area contributed by atoms with Gasteiger partial charge in [-0.05, 0) is 6.92 Å². The molecule has 0 N–H and O–H groups in total. The van der Waals surface area contributed by atoms with Gasteiger partial charge in [-0.25, -0.2) is 3.11 Å². The Balaban J connectivity index is 2.25. The van der Waals surface area contributed by atoms with E-state index in [4.69, 9.17) is 5.26 Å². The van der Waals surface area contributed by atoms with E-state index in [1.807, 2.05) is 6.92 Å². The molecule has 1 aliphatic rings. The lowest BCUT2D eigenvalue weighted by Gasteiger charge is -2.35. The molecule has 0 aromatic rings. The smallest absolute Gasteiger partial charge is 0.0656 e. The molecule has 0 amide bonds. The fourth-order valence-electron chi connectivity index (χ4n) is 0.877. The van der Waals surface area contributed by atoms with Gasteiger partial charge >= 0.3 is 0 Å². The van der Waals surface area contributed by atoms with Crippen molar-refractivity contribution in [2.75, 3.05) is 13.1 Å². The van der Waals surface area contributed by atoms with Crippen molar-refractivity contribution in [3.63, 3.8) is 0 Å². The minimum Gasteiger partial charge on any atom is -0.247 e. The Morgan fingerprint density at radius 3 is 2.67 bits per heavy atom. The lowest BCUT2D eigenvalue weighted by molar-refractivity contribution is 0.202. The van der Waals surface area contributed by atoms with Crippen molar-refractivity contribution in [2.45, 2.75) is 6.92 Å². The van der Waals surface area contributed by atoms with Gasteiger partial charge in [0.25, 0.3) is 0 Å². The van der Waals surface area contributed by atoms with Crippen molar-refractivity contribution >= 4 is 22.9 Å². The van der Waals surface area contributed by atoms with Crippen LogP contribution in [0.2, 0.25) is 0 Å². The maximum absolute atomic E-state index is 8.49. The third kappa shape index (κ3) is 1.55. The van der Waals surface area contributed by atoms with Crippen LogP contribution in [0.25, 0.3) is 0 Å². The van der Waals surface area contributed by atoms with Gasteiger partial charge in [-0.15, -0.1) is 0 Å². The van der Waals surface area contributed by atoms with Gasteiger partial charge in [0.2, 0.25) is 0 Å². The summed E-state index contributed by atoms with van der Waals surface area (Å²) in [6.45, 7) is 4.18. The van der Waals surface area contributed by atoms with Gasteiger partial charge in [-0.2, -0.15) is 5.26 Å². The van der Waals surface area contributed by atoms with E-state index in [0.29, 0.717) is 5.92 Å². The van der Waals surface area contributed by atoms with Crippen LogP contribution < -0.4 is 0 Å². The first-order valence-corrected chi connectivity index (χ1v) is 4.01. The molecule has 0 radical (unpaired) electrons. The molecule has 1 fully saturated rings. The van der Waals surface area contributed by atoms with E-state index >= 15 is 0 Å². The minimum atomic E-state index is 0.246. The zero-order valence-corrected chi connectivity index (χ0v) is 7.50. The van der Waals surface area contributed by atoms with E-state index in [1.54, 1.807) is 0 Å². The summed E-state index contributed by atoms with van der Waals surface area (Å²) in [6.07, 6.45) is 0. The number of halogens is 1. The van der Waals surface area contributed by atoms with Gasteiger partial charge in [-0.1, -0.05) is 0 Å². The van der Waals surface area contributed by atoms with Crippen molar-refractivity contribution < 1.29 is 0 Å². The normalized spacial score (nSPS) is 24.6. The van der Waals surface area contributed by atoms with Crippen molar-refractivity contribution in [3.8, 4) is 6.07 Å². The molecular formula is C6H9IN2. The molecule has 1 aliphatic heterocycles. The highest BCUT2D eigenvalue weighted by Crippen LogP contribution is 2.25. The van der Waals surface area contributed by atoms with E-state index in [1.165, 1.54) is 0 Å². The maximum atomic E-state index is 8.49. The fraction of sp³-hybridized carbons (Fsp3) is 0.833. The van der Waals surface area contributed by atoms with Crippen LogP contribution in [0.5, 0.6) is 0 Å². The topological polar surface area (TPSA) is 27.0 Å². The van der Waals surface area contributed by atoms with E-state index in [-0.39, 0.29) is 5.92 Å². The molecule has 9 heavy (non-hydrogen) atoms. The van der Waals surface area contributed by atoms with Gasteiger partial charge in [0, 0.05) is 47.8 Å². The highest BCUT2D eigenvalue weighted by Gasteiger charge is 2.29. The molecule has 0 aliphatic carbocycles. The molecule has 1 atom stereocenters. The van der Waals surface area contributed by atoms with E-state index in [0.717, 1.165) is 13.1 Å².